The summed E-state index contributed by atoms with van der Waals surface area (Å²) in [7, 11) is 1.59. The number of methoxy groups -OCH3 is 1. The third kappa shape index (κ3) is 5.10. The molecule has 134 valence electrons. The number of benzene rings is 2. The first-order chi connectivity index (χ1) is 11.6. The number of ether oxygens (including phenoxy) is 1. The van der Waals surface area contributed by atoms with Crippen LogP contribution in [0.2, 0.25) is 0 Å². The monoisotopic (exact) mass is 364 g/mol. The fraction of sp³-hybridized carbons (Fsp3) is 0.176. The van der Waals surface area contributed by atoms with Crippen molar-refractivity contribution < 1.29 is 14.3 Å². The van der Waals surface area contributed by atoms with E-state index in [0.717, 1.165) is 5.56 Å². The zero-order valence-electron chi connectivity index (χ0n) is 14.0. The van der Waals surface area contributed by atoms with E-state index in [1.54, 1.807) is 37.4 Å². The molecule has 0 aliphatic rings. The van der Waals surface area contributed by atoms with Gasteiger partial charge in [0.05, 0.1) is 12.8 Å². The van der Waals surface area contributed by atoms with Crippen molar-refractivity contribution in [2.24, 2.45) is 5.84 Å². The van der Waals surface area contributed by atoms with Gasteiger partial charge in [-0.2, -0.15) is 0 Å². The molecule has 2 aromatic carbocycles. The molecule has 0 heterocycles. The summed E-state index contributed by atoms with van der Waals surface area (Å²) < 4.78 is 5.15. The molecule has 25 heavy (non-hydrogen) atoms. The molecule has 0 radical (unpaired) electrons. The van der Waals surface area contributed by atoms with Crippen molar-refractivity contribution in [2.45, 2.75) is 6.92 Å². The maximum absolute atomic E-state index is 11.8. The highest BCUT2D eigenvalue weighted by molar-refractivity contribution is 5.99. The first-order valence-corrected chi connectivity index (χ1v) is 7.43. The number of urea groups is 1. The predicted molar refractivity (Wildman–Crippen MR) is 100 cm³/mol. The molecule has 0 aliphatic heterocycles. The number of rotatable bonds is 5. The van der Waals surface area contributed by atoms with E-state index in [1.807, 2.05) is 19.1 Å². The number of hydrogen-bond acceptors (Lipinski definition) is 4. The SMILES string of the molecule is CCNC(=O)Nc1ccc(C(=O)NN)cc1-c1ccc(OC)cc1.Cl. The smallest absolute Gasteiger partial charge is 0.319 e. The molecule has 0 atom stereocenters. The second-order valence-corrected chi connectivity index (χ2v) is 4.95. The number of halogens is 1. The van der Waals surface area contributed by atoms with E-state index in [2.05, 4.69) is 16.1 Å². The summed E-state index contributed by atoms with van der Waals surface area (Å²) in [6, 6.07) is 11.9. The van der Waals surface area contributed by atoms with Gasteiger partial charge < -0.3 is 15.4 Å². The zero-order chi connectivity index (χ0) is 17.5. The van der Waals surface area contributed by atoms with E-state index >= 15 is 0 Å². The largest absolute Gasteiger partial charge is 0.497 e. The molecule has 5 N–H and O–H groups in total. The van der Waals surface area contributed by atoms with Crippen molar-refractivity contribution in [2.75, 3.05) is 19.0 Å². The Labute approximate surface area is 152 Å². The molecule has 8 heteroatoms. The lowest BCUT2D eigenvalue weighted by Crippen LogP contribution is -2.30. The first-order valence-electron chi connectivity index (χ1n) is 7.43. The molecule has 0 bridgehead atoms. The number of nitrogens with two attached hydrogens (primary N) is 1. The standard InChI is InChI=1S/C17H20N4O3.ClH/c1-3-19-17(23)20-15-9-6-12(16(22)21-18)10-14(15)11-4-7-13(24-2)8-5-11;/h4-10H,3,18H2,1-2H3,(H,21,22)(H2,19,20,23);1H. The van der Waals surface area contributed by atoms with Crippen LogP contribution in [-0.2, 0) is 0 Å². The van der Waals surface area contributed by atoms with Crippen LogP contribution in [0.1, 0.15) is 17.3 Å². The van der Waals surface area contributed by atoms with Crippen LogP contribution in [0.3, 0.4) is 0 Å². The van der Waals surface area contributed by atoms with Crippen LogP contribution in [0.5, 0.6) is 5.75 Å². The molecular formula is C17H21ClN4O3. The van der Waals surface area contributed by atoms with E-state index in [0.29, 0.717) is 29.1 Å². The van der Waals surface area contributed by atoms with Crippen molar-refractivity contribution in [3.63, 3.8) is 0 Å². The topological polar surface area (TPSA) is 105 Å². The minimum atomic E-state index is -0.408. The molecule has 7 nitrogen and oxygen atoms in total. The van der Waals surface area contributed by atoms with Crippen LogP contribution in [0.15, 0.2) is 42.5 Å². The molecule has 0 aromatic heterocycles. The van der Waals surface area contributed by atoms with E-state index in [9.17, 15) is 9.59 Å². The van der Waals surface area contributed by atoms with Gasteiger partial charge in [-0.05, 0) is 42.8 Å². The minimum absolute atomic E-state index is 0. The van der Waals surface area contributed by atoms with Crippen molar-refractivity contribution >= 4 is 30.0 Å². The van der Waals surface area contributed by atoms with E-state index in [4.69, 9.17) is 10.6 Å². The average Bonchev–Trinajstić information content (AvgIpc) is 2.61. The van der Waals surface area contributed by atoms with Gasteiger partial charge in [0.1, 0.15) is 5.75 Å². The summed E-state index contributed by atoms with van der Waals surface area (Å²) in [5, 5.41) is 5.45. The number of carbonyl (C=O) groups is 2. The van der Waals surface area contributed by atoms with Gasteiger partial charge in [0.15, 0.2) is 0 Å². The third-order valence-electron chi connectivity index (χ3n) is 3.40. The maximum atomic E-state index is 11.8. The Morgan fingerprint density at radius 1 is 1.12 bits per heavy atom. The van der Waals surface area contributed by atoms with Gasteiger partial charge in [-0.1, -0.05) is 12.1 Å². The third-order valence-corrected chi connectivity index (χ3v) is 3.40. The quantitative estimate of drug-likeness (QED) is 0.371. The Hall–Kier alpha value is -2.77. The molecule has 0 unspecified atom stereocenters. The summed E-state index contributed by atoms with van der Waals surface area (Å²) >= 11 is 0. The normalized spacial score (nSPS) is 9.56. The van der Waals surface area contributed by atoms with E-state index in [-0.39, 0.29) is 18.4 Å². The van der Waals surface area contributed by atoms with Crippen molar-refractivity contribution in [3.05, 3.63) is 48.0 Å². The lowest BCUT2D eigenvalue weighted by Gasteiger charge is -2.14. The van der Waals surface area contributed by atoms with Gasteiger partial charge in [0.2, 0.25) is 0 Å². The predicted octanol–water partition coefficient (Wildman–Crippen LogP) is 2.53. The number of anilines is 1. The van der Waals surface area contributed by atoms with Crippen LogP contribution in [0, 0.1) is 0 Å². The first kappa shape index (κ1) is 20.3. The van der Waals surface area contributed by atoms with Crippen LogP contribution in [0.4, 0.5) is 10.5 Å². The molecule has 0 aliphatic carbocycles. The van der Waals surface area contributed by atoms with Gasteiger partial charge in [-0.15, -0.1) is 12.4 Å². The number of amides is 3. The Kier molecular flexibility index (Phi) is 7.71. The summed E-state index contributed by atoms with van der Waals surface area (Å²) in [6.45, 7) is 2.34. The summed E-state index contributed by atoms with van der Waals surface area (Å²) in [5.41, 5.74) is 4.60. The highest BCUT2D eigenvalue weighted by Gasteiger charge is 2.12. The second kappa shape index (κ2) is 9.51. The number of nitrogens with one attached hydrogen (secondary N) is 3. The molecule has 0 fully saturated rings. The summed E-state index contributed by atoms with van der Waals surface area (Å²) in [4.78, 5) is 23.6. The zero-order valence-corrected chi connectivity index (χ0v) is 14.8. The summed E-state index contributed by atoms with van der Waals surface area (Å²) in [5.74, 6) is 5.50. The van der Waals surface area contributed by atoms with E-state index in [1.165, 1.54) is 0 Å². The summed E-state index contributed by atoms with van der Waals surface area (Å²) in [6.07, 6.45) is 0. The average molecular weight is 365 g/mol. The molecular weight excluding hydrogens is 344 g/mol. The maximum Gasteiger partial charge on any atom is 0.319 e. The number of nitrogen functional groups attached to an aromatic ring is 1. The van der Waals surface area contributed by atoms with E-state index < -0.39 is 5.91 Å². The van der Waals surface area contributed by atoms with Gasteiger partial charge in [0.25, 0.3) is 5.91 Å². The fourth-order valence-corrected chi connectivity index (χ4v) is 2.21. The highest BCUT2D eigenvalue weighted by Crippen LogP contribution is 2.30. The lowest BCUT2D eigenvalue weighted by atomic mass is 10.0. The Morgan fingerprint density at radius 2 is 1.80 bits per heavy atom. The Balaban J connectivity index is 0.00000312. The molecule has 0 saturated heterocycles. The van der Waals surface area contributed by atoms with Crippen molar-refractivity contribution in [1.82, 2.24) is 10.7 Å². The molecule has 0 saturated carbocycles. The minimum Gasteiger partial charge on any atom is -0.497 e. The highest BCUT2D eigenvalue weighted by atomic mass is 35.5. The van der Waals surface area contributed by atoms with Gasteiger partial charge in [0, 0.05) is 17.7 Å². The molecule has 0 spiro atoms. The molecule has 2 aromatic rings. The van der Waals surface area contributed by atoms with Crippen LogP contribution < -0.4 is 26.6 Å². The van der Waals surface area contributed by atoms with Gasteiger partial charge in [-0.3, -0.25) is 10.2 Å². The van der Waals surface area contributed by atoms with Crippen LogP contribution >= 0.6 is 12.4 Å². The Morgan fingerprint density at radius 3 is 2.36 bits per heavy atom. The van der Waals surface area contributed by atoms with Crippen LogP contribution in [-0.4, -0.2) is 25.6 Å². The number of hydrazine groups is 1. The van der Waals surface area contributed by atoms with Gasteiger partial charge in [-0.25, -0.2) is 10.6 Å². The molecule has 3 amide bonds. The van der Waals surface area contributed by atoms with Gasteiger partial charge >= 0.3 is 6.03 Å². The molecule has 2 rings (SSSR count). The Bertz CT molecular complexity index is 735. The number of carbonyl (C=O) groups excluding carboxylic acids is 2. The number of hydrogen-bond donors (Lipinski definition) is 4. The fourth-order valence-electron chi connectivity index (χ4n) is 2.21. The van der Waals surface area contributed by atoms with Crippen LogP contribution in [0.25, 0.3) is 11.1 Å². The lowest BCUT2D eigenvalue weighted by molar-refractivity contribution is 0.0953. The van der Waals surface area contributed by atoms with Crippen molar-refractivity contribution in [3.8, 4) is 16.9 Å². The second-order valence-electron chi connectivity index (χ2n) is 4.95. The van der Waals surface area contributed by atoms with Crippen molar-refractivity contribution in [1.29, 1.82) is 0 Å².